The highest BCUT2D eigenvalue weighted by Crippen LogP contribution is 2.29. The molecule has 1 aliphatic rings. The van der Waals surface area contributed by atoms with E-state index in [1.165, 1.54) is 16.8 Å². The van der Waals surface area contributed by atoms with E-state index in [4.69, 9.17) is 4.74 Å². The van der Waals surface area contributed by atoms with Gasteiger partial charge >= 0.3 is 0 Å². The maximum atomic E-state index is 5.81. The van der Waals surface area contributed by atoms with Crippen molar-refractivity contribution in [3.05, 3.63) is 65.7 Å². The predicted molar refractivity (Wildman–Crippen MR) is 79.4 cm³/mol. The Kier molecular flexibility index (Phi) is 3.00. The molecule has 0 fully saturated rings. The molecule has 2 aromatic carbocycles. The van der Waals surface area contributed by atoms with Crippen molar-refractivity contribution >= 4 is 11.8 Å². The van der Waals surface area contributed by atoms with Crippen LogP contribution < -0.4 is 9.64 Å². The Morgan fingerprint density at radius 2 is 1.95 bits per heavy atom. The maximum Gasteiger partial charge on any atom is 0.161 e. The zero-order chi connectivity index (χ0) is 13.2. The molecule has 0 N–H and O–H groups in total. The third kappa shape index (κ3) is 2.34. The zero-order valence-corrected chi connectivity index (χ0v) is 11.1. The van der Waals surface area contributed by atoms with E-state index in [9.17, 15) is 0 Å². The van der Waals surface area contributed by atoms with Crippen molar-refractivity contribution < 1.29 is 4.74 Å². The molecule has 0 spiro atoms. The average Bonchev–Trinajstić information content (AvgIpc) is 2.46. The second-order valence-corrected chi connectivity index (χ2v) is 4.88. The lowest BCUT2D eigenvalue weighted by atomic mass is 10.1. The van der Waals surface area contributed by atoms with Crippen molar-refractivity contribution in [2.75, 3.05) is 11.6 Å². The number of benzene rings is 2. The first kappa shape index (κ1) is 11.8. The first-order valence-electron chi connectivity index (χ1n) is 6.46. The summed E-state index contributed by atoms with van der Waals surface area (Å²) in [7, 11) is 0. The summed E-state index contributed by atoms with van der Waals surface area (Å²) >= 11 is 0. The van der Waals surface area contributed by atoms with Gasteiger partial charge in [-0.15, -0.1) is 0 Å². The number of rotatable bonds is 2. The molecule has 0 saturated carbocycles. The SMILES string of the molecule is C=Cc1ccc(N2COc3ccc(C)cc3C2)cc1. The smallest absolute Gasteiger partial charge is 0.161 e. The lowest BCUT2D eigenvalue weighted by Gasteiger charge is -2.31. The maximum absolute atomic E-state index is 5.81. The van der Waals surface area contributed by atoms with Crippen molar-refractivity contribution in [2.45, 2.75) is 13.5 Å². The summed E-state index contributed by atoms with van der Waals surface area (Å²) in [5, 5.41) is 0. The van der Waals surface area contributed by atoms with Gasteiger partial charge < -0.3 is 9.64 Å². The molecule has 0 radical (unpaired) electrons. The van der Waals surface area contributed by atoms with Crippen molar-refractivity contribution in [2.24, 2.45) is 0 Å². The van der Waals surface area contributed by atoms with Crippen LogP contribution >= 0.6 is 0 Å². The van der Waals surface area contributed by atoms with Crippen LogP contribution in [0.5, 0.6) is 5.75 Å². The number of aryl methyl sites for hydroxylation is 1. The molecular weight excluding hydrogens is 234 g/mol. The Morgan fingerprint density at radius 3 is 2.68 bits per heavy atom. The van der Waals surface area contributed by atoms with Crippen LogP contribution in [-0.2, 0) is 6.54 Å². The van der Waals surface area contributed by atoms with E-state index in [1.54, 1.807) is 0 Å². The van der Waals surface area contributed by atoms with Crippen molar-refractivity contribution in [1.29, 1.82) is 0 Å². The van der Waals surface area contributed by atoms with Gasteiger partial charge in [-0.25, -0.2) is 0 Å². The molecule has 0 aromatic heterocycles. The van der Waals surface area contributed by atoms with E-state index < -0.39 is 0 Å². The van der Waals surface area contributed by atoms with E-state index in [2.05, 4.69) is 60.9 Å². The van der Waals surface area contributed by atoms with Gasteiger partial charge in [0.05, 0.1) is 0 Å². The molecular formula is C17H17NO. The fourth-order valence-electron chi connectivity index (χ4n) is 2.36. The molecule has 2 heteroatoms. The number of nitrogens with zero attached hydrogens (tertiary/aromatic N) is 1. The average molecular weight is 251 g/mol. The molecule has 0 unspecified atom stereocenters. The number of hydrogen-bond acceptors (Lipinski definition) is 2. The van der Waals surface area contributed by atoms with E-state index in [0.29, 0.717) is 6.73 Å². The largest absolute Gasteiger partial charge is 0.473 e. The number of ether oxygens (including phenoxy) is 1. The Morgan fingerprint density at radius 1 is 1.16 bits per heavy atom. The fourth-order valence-corrected chi connectivity index (χ4v) is 2.36. The van der Waals surface area contributed by atoms with Gasteiger partial charge in [0.25, 0.3) is 0 Å². The molecule has 19 heavy (non-hydrogen) atoms. The van der Waals surface area contributed by atoms with Gasteiger partial charge in [0.1, 0.15) is 5.75 Å². The molecule has 0 bridgehead atoms. The quantitative estimate of drug-likeness (QED) is 0.800. The van der Waals surface area contributed by atoms with Crippen LogP contribution in [0.3, 0.4) is 0 Å². The summed E-state index contributed by atoms with van der Waals surface area (Å²) in [6, 6.07) is 14.7. The molecule has 1 heterocycles. The molecule has 0 aliphatic carbocycles. The molecule has 2 nitrogen and oxygen atoms in total. The molecule has 0 amide bonds. The molecule has 1 aliphatic heterocycles. The van der Waals surface area contributed by atoms with Gasteiger partial charge in [-0.1, -0.05) is 42.5 Å². The minimum absolute atomic E-state index is 0.601. The van der Waals surface area contributed by atoms with Crippen LogP contribution in [0.4, 0.5) is 5.69 Å². The summed E-state index contributed by atoms with van der Waals surface area (Å²) in [5.41, 5.74) is 4.83. The number of hydrogen-bond donors (Lipinski definition) is 0. The van der Waals surface area contributed by atoms with Gasteiger partial charge in [0.15, 0.2) is 6.73 Å². The molecule has 0 atom stereocenters. The minimum Gasteiger partial charge on any atom is -0.473 e. The van der Waals surface area contributed by atoms with Crippen LogP contribution in [0.25, 0.3) is 6.08 Å². The van der Waals surface area contributed by atoms with Crippen molar-refractivity contribution in [3.63, 3.8) is 0 Å². The summed E-state index contributed by atoms with van der Waals surface area (Å²) in [6.45, 7) is 7.38. The van der Waals surface area contributed by atoms with Gasteiger partial charge in [0, 0.05) is 17.8 Å². The second kappa shape index (κ2) is 4.81. The standard InChI is InChI=1S/C17H17NO/c1-3-14-5-7-16(8-6-14)18-11-15-10-13(2)4-9-17(15)19-12-18/h3-10H,1,11-12H2,2H3. The summed E-state index contributed by atoms with van der Waals surface area (Å²) in [6.07, 6.45) is 1.86. The van der Waals surface area contributed by atoms with Gasteiger partial charge in [-0.3, -0.25) is 0 Å². The van der Waals surface area contributed by atoms with E-state index in [-0.39, 0.29) is 0 Å². The van der Waals surface area contributed by atoms with Crippen molar-refractivity contribution in [1.82, 2.24) is 0 Å². The summed E-state index contributed by atoms with van der Waals surface area (Å²) in [5.74, 6) is 1.00. The van der Waals surface area contributed by atoms with E-state index in [1.807, 2.05) is 6.08 Å². The zero-order valence-electron chi connectivity index (χ0n) is 11.1. The van der Waals surface area contributed by atoms with Crippen LogP contribution in [0, 0.1) is 6.92 Å². The third-order valence-corrected chi connectivity index (χ3v) is 3.45. The van der Waals surface area contributed by atoms with E-state index in [0.717, 1.165) is 17.9 Å². The Balaban J connectivity index is 1.86. The normalized spacial score (nSPS) is 13.6. The Labute approximate surface area is 113 Å². The first-order valence-corrected chi connectivity index (χ1v) is 6.46. The second-order valence-electron chi connectivity index (χ2n) is 4.88. The van der Waals surface area contributed by atoms with Crippen molar-refractivity contribution in [3.8, 4) is 5.75 Å². The highest BCUT2D eigenvalue weighted by atomic mass is 16.5. The Hall–Kier alpha value is -2.22. The fraction of sp³-hybridized carbons (Fsp3) is 0.176. The molecule has 3 rings (SSSR count). The lowest BCUT2D eigenvalue weighted by molar-refractivity contribution is 0.289. The third-order valence-electron chi connectivity index (χ3n) is 3.45. The summed E-state index contributed by atoms with van der Waals surface area (Å²) < 4.78 is 5.81. The number of anilines is 1. The molecule has 96 valence electrons. The predicted octanol–water partition coefficient (Wildman–Crippen LogP) is 3.99. The van der Waals surface area contributed by atoms with Gasteiger partial charge in [-0.05, 0) is 30.7 Å². The highest BCUT2D eigenvalue weighted by Gasteiger charge is 2.17. The van der Waals surface area contributed by atoms with Crippen LogP contribution in [0.15, 0.2) is 49.0 Å². The van der Waals surface area contributed by atoms with Crippen LogP contribution in [0.1, 0.15) is 16.7 Å². The highest BCUT2D eigenvalue weighted by molar-refractivity contribution is 5.56. The van der Waals surface area contributed by atoms with Crippen LogP contribution in [0.2, 0.25) is 0 Å². The first-order chi connectivity index (χ1) is 9.26. The monoisotopic (exact) mass is 251 g/mol. The topological polar surface area (TPSA) is 12.5 Å². The van der Waals surface area contributed by atoms with E-state index >= 15 is 0 Å². The van der Waals surface area contributed by atoms with Crippen LogP contribution in [-0.4, -0.2) is 6.73 Å². The lowest BCUT2D eigenvalue weighted by Crippen LogP contribution is -2.31. The van der Waals surface area contributed by atoms with Gasteiger partial charge in [-0.2, -0.15) is 0 Å². The Bertz CT molecular complexity index is 601. The minimum atomic E-state index is 0.601. The number of fused-ring (bicyclic) bond motifs is 1. The molecule has 2 aromatic rings. The molecule has 0 saturated heterocycles. The summed E-state index contributed by atoms with van der Waals surface area (Å²) in [4.78, 5) is 2.23. The van der Waals surface area contributed by atoms with Gasteiger partial charge in [0.2, 0.25) is 0 Å².